The molecule has 0 spiro atoms. The molecule has 1 fully saturated rings. The number of Topliss-reactive ketones (excluding diaryl/α,β-unsaturated/α-hetero) is 1. The minimum absolute atomic E-state index is 0.425. The van der Waals surface area contributed by atoms with Crippen LogP contribution in [0.4, 0.5) is 0 Å². The molecule has 1 saturated heterocycles. The Kier molecular flexibility index (Phi) is 4.27. The second-order valence-electron chi connectivity index (χ2n) is 5.24. The van der Waals surface area contributed by atoms with Crippen molar-refractivity contribution in [1.82, 2.24) is 0 Å². The summed E-state index contributed by atoms with van der Waals surface area (Å²) in [6, 6.07) is 0. The first-order valence-electron chi connectivity index (χ1n) is 5.51. The summed E-state index contributed by atoms with van der Waals surface area (Å²) in [5, 5.41) is 28.9. The van der Waals surface area contributed by atoms with Gasteiger partial charge in [0.2, 0.25) is 0 Å². The van der Waals surface area contributed by atoms with Gasteiger partial charge < -0.3 is 24.8 Å². The molecular weight excluding hydrogens is 228 g/mol. The van der Waals surface area contributed by atoms with Crippen LogP contribution < -0.4 is 0 Å². The van der Waals surface area contributed by atoms with E-state index < -0.39 is 42.1 Å². The highest BCUT2D eigenvalue weighted by Crippen LogP contribution is 2.25. The lowest BCUT2D eigenvalue weighted by Crippen LogP contribution is -2.61. The maximum Gasteiger partial charge on any atom is 0.187 e. The van der Waals surface area contributed by atoms with Gasteiger partial charge in [-0.2, -0.15) is 0 Å². The van der Waals surface area contributed by atoms with Crippen LogP contribution in [0, 0.1) is 0 Å². The topological polar surface area (TPSA) is 96.2 Å². The molecule has 0 amide bonds. The highest BCUT2D eigenvalue weighted by molar-refractivity contribution is 5.81. The maximum absolute atomic E-state index is 11.2. The molecule has 5 atom stereocenters. The molecule has 0 aromatic rings. The number of aliphatic hydroxyl groups excluding tert-OH is 3. The monoisotopic (exact) mass is 248 g/mol. The highest BCUT2D eigenvalue weighted by Gasteiger charge is 2.47. The summed E-state index contributed by atoms with van der Waals surface area (Å²) in [6.07, 6.45) is -6.62. The lowest BCUT2D eigenvalue weighted by atomic mass is 9.96. The first-order valence-corrected chi connectivity index (χ1v) is 5.51. The van der Waals surface area contributed by atoms with E-state index in [-0.39, 0.29) is 0 Å². The number of carbonyl (C=O) groups excluding carboxylic acids is 1. The molecule has 1 aliphatic heterocycles. The highest BCUT2D eigenvalue weighted by atomic mass is 16.7. The van der Waals surface area contributed by atoms with E-state index in [1.807, 2.05) is 0 Å². The smallest absolute Gasteiger partial charge is 0.187 e. The van der Waals surface area contributed by atoms with Crippen LogP contribution in [0.2, 0.25) is 0 Å². The van der Waals surface area contributed by atoms with Crippen molar-refractivity contribution in [2.24, 2.45) is 0 Å². The molecule has 0 radical (unpaired) electrons. The average Bonchev–Trinajstić information content (AvgIpc) is 2.16. The normalized spacial score (nSPS) is 39.1. The molecule has 0 aliphatic carbocycles. The Morgan fingerprint density at radius 3 is 2.06 bits per heavy atom. The standard InChI is InChI=1S/C11H20O6/c1-5(12)9-7(14)6(13)8(15)10(16-9)17-11(2,3)4/h6-10,13-15H,1-4H3/t6-,7-,8+,9+,10-/m0/s1. The van der Waals surface area contributed by atoms with Gasteiger partial charge in [-0.3, -0.25) is 4.79 Å². The van der Waals surface area contributed by atoms with Gasteiger partial charge in [0.1, 0.15) is 24.4 Å². The molecule has 100 valence electrons. The Hall–Kier alpha value is -0.530. The molecule has 1 rings (SSSR count). The van der Waals surface area contributed by atoms with E-state index >= 15 is 0 Å². The van der Waals surface area contributed by atoms with Crippen molar-refractivity contribution >= 4 is 5.78 Å². The number of carbonyl (C=O) groups is 1. The third kappa shape index (κ3) is 3.46. The molecule has 1 heterocycles. The van der Waals surface area contributed by atoms with Gasteiger partial charge in [-0.1, -0.05) is 0 Å². The fourth-order valence-electron chi connectivity index (χ4n) is 1.63. The number of rotatable bonds is 2. The van der Waals surface area contributed by atoms with Crippen molar-refractivity contribution in [2.75, 3.05) is 0 Å². The second kappa shape index (κ2) is 4.99. The number of hydrogen-bond donors (Lipinski definition) is 3. The molecule has 3 N–H and O–H groups in total. The predicted molar refractivity (Wildman–Crippen MR) is 58.2 cm³/mol. The Morgan fingerprint density at radius 2 is 1.65 bits per heavy atom. The lowest BCUT2D eigenvalue weighted by Gasteiger charge is -2.41. The van der Waals surface area contributed by atoms with Crippen molar-refractivity contribution < 1.29 is 29.6 Å². The summed E-state index contributed by atoms with van der Waals surface area (Å²) in [5.41, 5.74) is -0.602. The third-order valence-corrected chi connectivity index (χ3v) is 2.44. The summed E-state index contributed by atoms with van der Waals surface area (Å²) in [7, 11) is 0. The summed E-state index contributed by atoms with van der Waals surface area (Å²) in [4.78, 5) is 11.2. The van der Waals surface area contributed by atoms with Crippen LogP contribution in [0.5, 0.6) is 0 Å². The minimum atomic E-state index is -1.47. The molecule has 1 aliphatic rings. The van der Waals surface area contributed by atoms with Gasteiger partial charge in [-0.15, -0.1) is 0 Å². The Morgan fingerprint density at radius 1 is 1.12 bits per heavy atom. The molecule has 6 heteroatoms. The predicted octanol–water partition coefficient (Wildman–Crippen LogP) is -0.802. The van der Waals surface area contributed by atoms with E-state index in [0.717, 1.165) is 0 Å². The average molecular weight is 248 g/mol. The second-order valence-corrected chi connectivity index (χ2v) is 5.24. The molecule has 0 aromatic carbocycles. The van der Waals surface area contributed by atoms with Gasteiger partial charge in [0.15, 0.2) is 12.1 Å². The van der Waals surface area contributed by atoms with E-state index in [4.69, 9.17) is 9.47 Å². The number of aliphatic hydroxyl groups is 3. The van der Waals surface area contributed by atoms with Crippen LogP contribution in [0.25, 0.3) is 0 Å². The molecule has 17 heavy (non-hydrogen) atoms. The van der Waals surface area contributed by atoms with Crippen molar-refractivity contribution in [3.63, 3.8) is 0 Å². The molecule has 6 nitrogen and oxygen atoms in total. The molecular formula is C11H20O6. The largest absolute Gasteiger partial charge is 0.387 e. The van der Waals surface area contributed by atoms with E-state index in [9.17, 15) is 20.1 Å². The minimum Gasteiger partial charge on any atom is -0.387 e. The molecule has 0 unspecified atom stereocenters. The van der Waals surface area contributed by atoms with Crippen LogP contribution >= 0.6 is 0 Å². The van der Waals surface area contributed by atoms with E-state index in [1.165, 1.54) is 6.92 Å². The van der Waals surface area contributed by atoms with Gasteiger partial charge in [0.05, 0.1) is 5.60 Å². The Balaban J connectivity index is 2.82. The number of ketones is 1. The lowest BCUT2D eigenvalue weighted by molar-refractivity contribution is -0.310. The quantitative estimate of drug-likeness (QED) is 0.592. The summed E-state index contributed by atoms with van der Waals surface area (Å²) in [5.74, 6) is -0.425. The van der Waals surface area contributed by atoms with Crippen molar-refractivity contribution in [3.05, 3.63) is 0 Å². The first kappa shape index (κ1) is 14.5. The van der Waals surface area contributed by atoms with E-state index in [0.29, 0.717) is 0 Å². The zero-order chi connectivity index (χ0) is 13.4. The van der Waals surface area contributed by atoms with Gasteiger partial charge in [-0.05, 0) is 27.7 Å². The zero-order valence-corrected chi connectivity index (χ0v) is 10.5. The Labute approximate surface area is 100 Å². The molecule has 0 bridgehead atoms. The third-order valence-electron chi connectivity index (χ3n) is 2.44. The fraction of sp³-hybridized carbons (Fsp3) is 0.909. The Bertz CT molecular complexity index is 284. The van der Waals surface area contributed by atoms with Gasteiger partial charge in [0.25, 0.3) is 0 Å². The SMILES string of the molecule is CC(=O)[C@H]1O[C@@H](OC(C)(C)C)[C@H](O)[C@@H](O)[C@@H]1O. The van der Waals surface area contributed by atoms with E-state index in [1.54, 1.807) is 20.8 Å². The molecule has 0 saturated carbocycles. The number of hydrogen-bond acceptors (Lipinski definition) is 6. The summed E-state index contributed by atoms with van der Waals surface area (Å²) >= 11 is 0. The van der Waals surface area contributed by atoms with Crippen LogP contribution in [0.1, 0.15) is 27.7 Å². The first-order chi connectivity index (χ1) is 7.63. The van der Waals surface area contributed by atoms with Gasteiger partial charge in [0, 0.05) is 0 Å². The molecule has 0 aromatic heterocycles. The van der Waals surface area contributed by atoms with Gasteiger partial charge in [-0.25, -0.2) is 0 Å². The summed E-state index contributed by atoms with van der Waals surface area (Å²) < 4.78 is 10.6. The summed E-state index contributed by atoms with van der Waals surface area (Å²) in [6.45, 7) is 6.50. The van der Waals surface area contributed by atoms with E-state index in [2.05, 4.69) is 0 Å². The van der Waals surface area contributed by atoms with Crippen LogP contribution in [-0.4, -0.2) is 57.4 Å². The number of ether oxygens (including phenoxy) is 2. The van der Waals surface area contributed by atoms with Crippen molar-refractivity contribution in [1.29, 1.82) is 0 Å². The van der Waals surface area contributed by atoms with Crippen molar-refractivity contribution in [2.45, 2.75) is 64.0 Å². The maximum atomic E-state index is 11.2. The van der Waals surface area contributed by atoms with Crippen LogP contribution in [0.15, 0.2) is 0 Å². The van der Waals surface area contributed by atoms with Gasteiger partial charge >= 0.3 is 0 Å². The zero-order valence-electron chi connectivity index (χ0n) is 10.5. The van der Waals surface area contributed by atoms with Crippen LogP contribution in [0.3, 0.4) is 0 Å². The van der Waals surface area contributed by atoms with Crippen LogP contribution in [-0.2, 0) is 14.3 Å². The fourth-order valence-corrected chi connectivity index (χ4v) is 1.63. The van der Waals surface area contributed by atoms with Crippen molar-refractivity contribution in [3.8, 4) is 0 Å².